The first-order valence-corrected chi connectivity index (χ1v) is 6.26. The number of carboxylic acid groups (broad SMARTS) is 1. The van der Waals surface area contributed by atoms with E-state index >= 15 is 0 Å². The van der Waals surface area contributed by atoms with Gasteiger partial charge in [0.1, 0.15) is 11.3 Å². The standard InChI is InChI=1S/C16H12N2O3/c17-9-1-3-12-11(5-6-16(19)20)13-4-2-10(18)8-15(13)21-14(12)7-9/h1-8,17H,18H2,(H,19,20)/b6-5+,17-9?. The van der Waals surface area contributed by atoms with Crippen LogP contribution in [0.4, 0.5) is 5.69 Å². The molecular formula is C16H12N2O3. The van der Waals surface area contributed by atoms with Crippen LogP contribution >= 0.6 is 0 Å². The predicted octanol–water partition coefficient (Wildman–Crippen LogP) is 2.70. The summed E-state index contributed by atoms with van der Waals surface area (Å²) in [4.78, 5) is 10.8. The molecule has 0 spiro atoms. The van der Waals surface area contributed by atoms with E-state index in [2.05, 4.69) is 0 Å². The first-order valence-electron chi connectivity index (χ1n) is 6.26. The van der Waals surface area contributed by atoms with Crippen molar-refractivity contribution < 1.29 is 14.3 Å². The van der Waals surface area contributed by atoms with Gasteiger partial charge in [0, 0.05) is 34.8 Å². The highest BCUT2D eigenvalue weighted by Crippen LogP contribution is 2.34. The van der Waals surface area contributed by atoms with Crippen LogP contribution in [-0.2, 0) is 4.79 Å². The number of aliphatic carboxylic acids is 1. The van der Waals surface area contributed by atoms with Crippen molar-refractivity contribution in [2.24, 2.45) is 0 Å². The second kappa shape index (κ2) is 4.79. The summed E-state index contributed by atoms with van der Waals surface area (Å²) in [6, 6.07) is 10.2. The fraction of sp³-hybridized carbons (Fsp3) is 0. The summed E-state index contributed by atoms with van der Waals surface area (Å²) in [6.07, 6.45) is 2.61. The molecule has 1 aromatic rings. The van der Waals surface area contributed by atoms with E-state index in [0.29, 0.717) is 22.4 Å². The van der Waals surface area contributed by atoms with Crippen LogP contribution in [-0.4, -0.2) is 11.1 Å². The minimum atomic E-state index is -1.02. The van der Waals surface area contributed by atoms with Crippen LogP contribution in [0.3, 0.4) is 0 Å². The molecule has 21 heavy (non-hydrogen) atoms. The molecule has 1 aromatic carbocycles. The maximum Gasteiger partial charge on any atom is 0.328 e. The summed E-state index contributed by atoms with van der Waals surface area (Å²) >= 11 is 0. The highest BCUT2D eigenvalue weighted by atomic mass is 16.4. The van der Waals surface area contributed by atoms with Crippen molar-refractivity contribution in [3.8, 4) is 11.3 Å². The number of hydrogen-bond acceptors (Lipinski definition) is 4. The molecule has 0 amide bonds. The lowest BCUT2D eigenvalue weighted by molar-refractivity contribution is -0.131. The molecule has 2 aliphatic rings. The fourth-order valence-electron chi connectivity index (χ4n) is 2.27. The summed E-state index contributed by atoms with van der Waals surface area (Å²) in [5, 5.41) is 17.6. The lowest BCUT2D eigenvalue weighted by atomic mass is 9.99. The third-order valence-corrected chi connectivity index (χ3v) is 3.18. The molecule has 5 nitrogen and oxygen atoms in total. The molecule has 1 aliphatic carbocycles. The van der Waals surface area contributed by atoms with Crippen molar-refractivity contribution in [3.63, 3.8) is 0 Å². The van der Waals surface area contributed by atoms with E-state index < -0.39 is 5.97 Å². The number of anilines is 1. The van der Waals surface area contributed by atoms with Crippen molar-refractivity contribution in [1.82, 2.24) is 0 Å². The smallest absolute Gasteiger partial charge is 0.328 e. The Labute approximate surface area is 119 Å². The molecule has 0 saturated carbocycles. The quantitative estimate of drug-likeness (QED) is 0.381. The predicted molar refractivity (Wildman–Crippen MR) is 79.8 cm³/mol. The van der Waals surface area contributed by atoms with Crippen LogP contribution in [0.25, 0.3) is 28.4 Å². The van der Waals surface area contributed by atoms with Gasteiger partial charge in [-0.1, -0.05) is 0 Å². The average Bonchev–Trinajstić information content (AvgIpc) is 2.42. The topological polar surface area (TPSA) is 100 Å². The van der Waals surface area contributed by atoms with Gasteiger partial charge in [0.2, 0.25) is 0 Å². The lowest BCUT2D eigenvalue weighted by Crippen LogP contribution is -2.00. The maximum atomic E-state index is 10.8. The molecule has 1 heterocycles. The summed E-state index contributed by atoms with van der Waals surface area (Å²) in [6.45, 7) is 0. The third kappa shape index (κ3) is 2.36. The number of nitrogen functional groups attached to an aromatic ring is 1. The largest absolute Gasteiger partial charge is 0.478 e. The first-order chi connectivity index (χ1) is 10.0. The molecule has 0 unspecified atom stereocenters. The van der Waals surface area contributed by atoms with Crippen molar-refractivity contribution in [2.45, 2.75) is 0 Å². The van der Waals surface area contributed by atoms with Gasteiger partial charge in [0.05, 0.1) is 5.36 Å². The highest BCUT2D eigenvalue weighted by Gasteiger charge is 2.13. The Hall–Kier alpha value is -3.08. The lowest BCUT2D eigenvalue weighted by Gasteiger charge is -2.12. The van der Waals surface area contributed by atoms with Crippen LogP contribution in [0, 0.1) is 5.41 Å². The Morgan fingerprint density at radius 2 is 2.05 bits per heavy atom. The number of carboxylic acids is 1. The van der Waals surface area contributed by atoms with Gasteiger partial charge in [-0.15, -0.1) is 0 Å². The van der Waals surface area contributed by atoms with Gasteiger partial charge in [-0.05, 0) is 35.9 Å². The molecule has 0 bridgehead atoms. The Bertz CT molecular complexity index is 909. The molecule has 0 aromatic heterocycles. The van der Waals surface area contributed by atoms with Crippen LogP contribution in [0.1, 0.15) is 5.56 Å². The normalized spacial score (nSPS) is 11.4. The van der Waals surface area contributed by atoms with Gasteiger partial charge in [0.15, 0.2) is 0 Å². The third-order valence-electron chi connectivity index (χ3n) is 3.18. The number of rotatable bonds is 2. The van der Waals surface area contributed by atoms with Crippen molar-refractivity contribution in [1.29, 1.82) is 5.41 Å². The second-order valence-corrected chi connectivity index (χ2v) is 4.65. The average molecular weight is 280 g/mol. The molecule has 3 rings (SSSR count). The summed E-state index contributed by atoms with van der Waals surface area (Å²) in [5.41, 5.74) is 8.35. The van der Waals surface area contributed by atoms with Crippen molar-refractivity contribution in [2.75, 3.05) is 5.73 Å². The zero-order valence-corrected chi connectivity index (χ0v) is 11.0. The van der Waals surface area contributed by atoms with Crippen LogP contribution in [0.2, 0.25) is 0 Å². The van der Waals surface area contributed by atoms with Gasteiger partial charge >= 0.3 is 5.97 Å². The molecular weight excluding hydrogens is 268 g/mol. The van der Waals surface area contributed by atoms with Crippen molar-refractivity contribution in [3.05, 3.63) is 53.4 Å². The highest BCUT2D eigenvalue weighted by molar-refractivity contribution is 5.98. The maximum absolute atomic E-state index is 10.8. The van der Waals surface area contributed by atoms with Gasteiger partial charge in [-0.2, -0.15) is 0 Å². The van der Waals surface area contributed by atoms with Gasteiger partial charge in [-0.25, -0.2) is 4.79 Å². The van der Waals surface area contributed by atoms with Gasteiger partial charge < -0.3 is 20.7 Å². The van der Waals surface area contributed by atoms with Crippen LogP contribution in [0.15, 0.2) is 46.9 Å². The number of nitrogens with two attached hydrogens (primary N) is 1. The van der Waals surface area contributed by atoms with Crippen LogP contribution < -0.4 is 11.1 Å². The minimum Gasteiger partial charge on any atom is -0.478 e. The zero-order valence-electron chi connectivity index (χ0n) is 11.0. The molecule has 0 fully saturated rings. The Balaban J connectivity index is 2.43. The van der Waals surface area contributed by atoms with E-state index in [9.17, 15) is 4.79 Å². The number of carbonyl (C=O) groups is 1. The summed E-state index contributed by atoms with van der Waals surface area (Å²) in [5.74, 6) is -0.504. The fourth-order valence-corrected chi connectivity index (χ4v) is 2.27. The molecule has 1 aliphatic heterocycles. The van der Waals surface area contributed by atoms with E-state index in [1.54, 1.807) is 36.4 Å². The Kier molecular flexibility index (Phi) is 2.95. The first kappa shape index (κ1) is 12.9. The van der Waals surface area contributed by atoms with E-state index in [0.717, 1.165) is 22.6 Å². The number of hydrogen-bond donors (Lipinski definition) is 3. The monoisotopic (exact) mass is 280 g/mol. The molecule has 0 saturated heterocycles. The van der Waals surface area contributed by atoms with Gasteiger partial charge in [0.25, 0.3) is 0 Å². The van der Waals surface area contributed by atoms with E-state index in [4.69, 9.17) is 20.7 Å². The second-order valence-electron chi connectivity index (χ2n) is 4.65. The van der Waals surface area contributed by atoms with Crippen molar-refractivity contribution >= 4 is 28.7 Å². The van der Waals surface area contributed by atoms with Gasteiger partial charge in [-0.3, -0.25) is 0 Å². The van der Waals surface area contributed by atoms with Crippen LogP contribution in [0.5, 0.6) is 0 Å². The SMILES string of the molecule is N=c1ccc2c(/C=C/C(=O)O)c3ccc(N)cc3oc-2c1. The molecule has 0 atom stereocenters. The summed E-state index contributed by atoms with van der Waals surface area (Å²) < 4.78 is 5.77. The Morgan fingerprint density at radius 1 is 1.24 bits per heavy atom. The molecule has 104 valence electrons. The zero-order chi connectivity index (χ0) is 15.0. The number of benzene rings is 2. The van der Waals surface area contributed by atoms with E-state index in [-0.39, 0.29) is 0 Å². The minimum absolute atomic E-state index is 0.322. The summed E-state index contributed by atoms with van der Waals surface area (Å²) in [7, 11) is 0. The van der Waals surface area contributed by atoms with E-state index in [1.165, 1.54) is 6.08 Å². The van der Waals surface area contributed by atoms with E-state index in [1.807, 2.05) is 0 Å². The number of fused-ring (bicyclic) bond motifs is 2. The molecule has 5 heteroatoms. The molecule has 0 radical (unpaired) electrons. The molecule has 4 N–H and O–H groups in total. The Morgan fingerprint density at radius 3 is 2.81 bits per heavy atom. The number of nitrogens with one attached hydrogen (secondary N) is 1.